The number of ether oxygens (including phenoxy) is 1. The summed E-state index contributed by atoms with van der Waals surface area (Å²) in [4.78, 5) is 23.2. The standard InChI is InChI=1S/C17H15Cl2NO5/c18-12-6-11(7-13(19)15(12)21)8-14(16(22)23)20-17(24)25-9-10-4-2-1-3-5-10/h1-7,14,21H,8-9H2,(H,20,24)(H,22,23)/t14-/m1/s1. The van der Waals surface area contributed by atoms with E-state index >= 15 is 0 Å². The summed E-state index contributed by atoms with van der Waals surface area (Å²) < 4.78 is 5.01. The maximum Gasteiger partial charge on any atom is 0.408 e. The molecule has 2 aromatic carbocycles. The first-order chi connectivity index (χ1) is 11.9. The first-order valence-corrected chi connectivity index (χ1v) is 7.99. The zero-order valence-electron chi connectivity index (χ0n) is 12.9. The van der Waals surface area contributed by atoms with Gasteiger partial charge in [-0.05, 0) is 23.3 Å². The number of carbonyl (C=O) groups is 2. The van der Waals surface area contributed by atoms with Crippen molar-refractivity contribution in [3.8, 4) is 5.75 Å². The molecule has 0 aliphatic heterocycles. The number of nitrogens with one attached hydrogen (secondary N) is 1. The van der Waals surface area contributed by atoms with Crippen LogP contribution in [0.25, 0.3) is 0 Å². The number of alkyl carbamates (subject to hydrolysis) is 1. The number of carboxylic acids is 1. The molecule has 0 aromatic heterocycles. The Balaban J connectivity index is 1.98. The highest BCUT2D eigenvalue weighted by molar-refractivity contribution is 6.37. The molecule has 0 fully saturated rings. The smallest absolute Gasteiger partial charge is 0.408 e. The number of hydrogen-bond acceptors (Lipinski definition) is 4. The number of halogens is 2. The maximum atomic E-state index is 11.8. The van der Waals surface area contributed by atoms with E-state index in [4.69, 9.17) is 27.9 Å². The summed E-state index contributed by atoms with van der Waals surface area (Å²) in [5.74, 6) is -1.52. The van der Waals surface area contributed by atoms with Gasteiger partial charge in [-0.25, -0.2) is 9.59 Å². The molecule has 2 aromatic rings. The van der Waals surface area contributed by atoms with Crippen LogP contribution in [0.5, 0.6) is 5.75 Å². The quantitative estimate of drug-likeness (QED) is 0.707. The second-order valence-electron chi connectivity index (χ2n) is 5.21. The molecule has 0 radical (unpaired) electrons. The molecule has 0 bridgehead atoms. The minimum absolute atomic E-state index is 0.00158. The molecule has 0 aliphatic rings. The van der Waals surface area contributed by atoms with Gasteiger partial charge in [-0.1, -0.05) is 53.5 Å². The molecule has 1 atom stereocenters. The van der Waals surface area contributed by atoms with Gasteiger partial charge in [0.25, 0.3) is 0 Å². The lowest BCUT2D eigenvalue weighted by atomic mass is 10.1. The molecule has 0 saturated carbocycles. The van der Waals surface area contributed by atoms with Gasteiger partial charge in [0.05, 0.1) is 10.0 Å². The average Bonchev–Trinajstić information content (AvgIpc) is 2.58. The fourth-order valence-corrected chi connectivity index (χ4v) is 2.61. The summed E-state index contributed by atoms with van der Waals surface area (Å²) in [6, 6.07) is 10.5. The van der Waals surface area contributed by atoms with Crippen LogP contribution in [0.4, 0.5) is 4.79 Å². The Morgan fingerprint density at radius 2 is 1.68 bits per heavy atom. The van der Waals surface area contributed by atoms with Crippen molar-refractivity contribution in [2.45, 2.75) is 19.1 Å². The largest absolute Gasteiger partial charge is 0.505 e. The Morgan fingerprint density at radius 1 is 1.08 bits per heavy atom. The van der Waals surface area contributed by atoms with Crippen LogP contribution >= 0.6 is 23.2 Å². The number of aliphatic carboxylic acids is 1. The van der Waals surface area contributed by atoms with Gasteiger partial charge in [-0.15, -0.1) is 0 Å². The topological polar surface area (TPSA) is 95.9 Å². The molecule has 0 spiro atoms. The molecule has 3 N–H and O–H groups in total. The number of carbonyl (C=O) groups excluding carboxylic acids is 1. The third-order valence-electron chi connectivity index (χ3n) is 3.32. The number of benzene rings is 2. The Morgan fingerprint density at radius 3 is 2.24 bits per heavy atom. The Kier molecular flexibility index (Phi) is 6.50. The van der Waals surface area contributed by atoms with Gasteiger partial charge in [0, 0.05) is 6.42 Å². The van der Waals surface area contributed by atoms with Crippen molar-refractivity contribution in [1.29, 1.82) is 0 Å². The number of phenolic OH excluding ortho intramolecular Hbond substituents is 1. The molecule has 0 heterocycles. The number of carboxylic acid groups (broad SMARTS) is 1. The van der Waals surface area contributed by atoms with Crippen molar-refractivity contribution < 1.29 is 24.5 Å². The molecular formula is C17H15Cl2NO5. The first-order valence-electron chi connectivity index (χ1n) is 7.23. The molecule has 0 saturated heterocycles. The van der Waals surface area contributed by atoms with E-state index in [-0.39, 0.29) is 28.8 Å². The predicted octanol–water partition coefficient (Wildman–Crippen LogP) is 3.62. The van der Waals surface area contributed by atoms with E-state index in [0.29, 0.717) is 5.56 Å². The monoisotopic (exact) mass is 383 g/mol. The Bertz CT molecular complexity index is 744. The predicted molar refractivity (Wildman–Crippen MR) is 93.0 cm³/mol. The van der Waals surface area contributed by atoms with E-state index in [2.05, 4.69) is 5.32 Å². The molecule has 25 heavy (non-hydrogen) atoms. The highest BCUT2D eigenvalue weighted by Crippen LogP contribution is 2.33. The van der Waals surface area contributed by atoms with Gasteiger partial charge in [0.2, 0.25) is 0 Å². The van der Waals surface area contributed by atoms with Crippen LogP contribution in [0.3, 0.4) is 0 Å². The van der Waals surface area contributed by atoms with E-state index < -0.39 is 18.1 Å². The lowest BCUT2D eigenvalue weighted by Crippen LogP contribution is -2.42. The van der Waals surface area contributed by atoms with Crippen LogP contribution in [0.2, 0.25) is 10.0 Å². The van der Waals surface area contributed by atoms with Crippen LogP contribution in [-0.4, -0.2) is 28.3 Å². The summed E-state index contributed by atoms with van der Waals surface area (Å²) >= 11 is 11.6. The maximum absolute atomic E-state index is 11.8. The molecule has 2 rings (SSSR count). The van der Waals surface area contributed by atoms with Crippen molar-refractivity contribution in [3.63, 3.8) is 0 Å². The molecule has 6 nitrogen and oxygen atoms in total. The van der Waals surface area contributed by atoms with Crippen molar-refractivity contribution in [2.75, 3.05) is 0 Å². The molecular weight excluding hydrogens is 369 g/mol. The molecule has 132 valence electrons. The number of amides is 1. The lowest BCUT2D eigenvalue weighted by Gasteiger charge is -2.15. The normalized spacial score (nSPS) is 11.6. The number of rotatable bonds is 6. The third-order valence-corrected chi connectivity index (χ3v) is 3.90. The van der Waals surface area contributed by atoms with Crippen molar-refractivity contribution in [3.05, 3.63) is 63.6 Å². The van der Waals surface area contributed by atoms with Crippen LogP contribution in [0, 0.1) is 0 Å². The Labute approximate surface area is 153 Å². The zero-order chi connectivity index (χ0) is 18.4. The molecule has 8 heteroatoms. The second-order valence-corrected chi connectivity index (χ2v) is 6.02. The summed E-state index contributed by atoms with van der Waals surface area (Å²) in [5.41, 5.74) is 1.23. The highest BCUT2D eigenvalue weighted by atomic mass is 35.5. The van der Waals surface area contributed by atoms with Crippen LogP contribution < -0.4 is 5.32 Å². The van der Waals surface area contributed by atoms with E-state index in [1.165, 1.54) is 12.1 Å². The molecule has 0 aliphatic carbocycles. The summed E-state index contributed by atoms with van der Waals surface area (Å²) in [6.45, 7) is 0.0237. The van der Waals surface area contributed by atoms with Gasteiger partial charge in [-0.2, -0.15) is 0 Å². The van der Waals surface area contributed by atoms with Gasteiger partial charge in [0.1, 0.15) is 12.6 Å². The van der Waals surface area contributed by atoms with Gasteiger partial charge >= 0.3 is 12.1 Å². The zero-order valence-corrected chi connectivity index (χ0v) is 14.4. The van der Waals surface area contributed by atoms with E-state index in [1.54, 1.807) is 24.3 Å². The number of phenols is 1. The summed E-state index contributed by atoms with van der Waals surface area (Å²) in [6.07, 6.45) is -0.928. The fraction of sp³-hybridized carbons (Fsp3) is 0.176. The summed E-state index contributed by atoms with van der Waals surface area (Å²) in [7, 11) is 0. The van der Waals surface area contributed by atoms with Gasteiger partial charge in [0.15, 0.2) is 5.75 Å². The number of hydrogen-bond donors (Lipinski definition) is 3. The van der Waals surface area contributed by atoms with E-state index in [0.717, 1.165) is 5.56 Å². The fourth-order valence-electron chi connectivity index (χ4n) is 2.08. The SMILES string of the molecule is O=C(N[C@H](Cc1cc(Cl)c(O)c(Cl)c1)C(=O)O)OCc1ccccc1. The minimum atomic E-state index is -1.24. The number of aromatic hydroxyl groups is 1. The van der Waals surface area contributed by atoms with E-state index in [9.17, 15) is 19.8 Å². The third kappa shape index (κ3) is 5.55. The van der Waals surface area contributed by atoms with Crippen molar-refractivity contribution >= 4 is 35.3 Å². The lowest BCUT2D eigenvalue weighted by molar-refractivity contribution is -0.139. The van der Waals surface area contributed by atoms with Gasteiger partial charge < -0.3 is 20.3 Å². The van der Waals surface area contributed by atoms with Crippen molar-refractivity contribution in [2.24, 2.45) is 0 Å². The van der Waals surface area contributed by atoms with Crippen LogP contribution in [0.15, 0.2) is 42.5 Å². The van der Waals surface area contributed by atoms with Crippen LogP contribution in [-0.2, 0) is 22.6 Å². The second kappa shape index (κ2) is 8.60. The summed E-state index contributed by atoms with van der Waals surface area (Å²) in [5, 5.41) is 21.1. The molecule has 1 amide bonds. The minimum Gasteiger partial charge on any atom is -0.505 e. The van der Waals surface area contributed by atoms with Gasteiger partial charge in [-0.3, -0.25) is 0 Å². The Hall–Kier alpha value is -2.44. The first kappa shape index (κ1) is 18.9. The average molecular weight is 384 g/mol. The van der Waals surface area contributed by atoms with E-state index in [1.807, 2.05) is 6.07 Å². The molecule has 0 unspecified atom stereocenters. The van der Waals surface area contributed by atoms with Crippen LogP contribution in [0.1, 0.15) is 11.1 Å². The highest BCUT2D eigenvalue weighted by Gasteiger charge is 2.22. The van der Waals surface area contributed by atoms with Crippen molar-refractivity contribution in [1.82, 2.24) is 5.32 Å².